The Morgan fingerprint density at radius 3 is 2.18 bits per heavy atom. The van der Waals surface area contributed by atoms with E-state index < -0.39 is 0 Å². The van der Waals surface area contributed by atoms with E-state index in [9.17, 15) is 0 Å². The van der Waals surface area contributed by atoms with Crippen LogP contribution in [0.5, 0.6) is 5.75 Å². The molecule has 2 aliphatic rings. The highest BCUT2D eigenvalue weighted by molar-refractivity contribution is 8.09. The summed E-state index contributed by atoms with van der Waals surface area (Å²) >= 11 is 2.03. The molecule has 3 rings (SSSR count). The standard InChI is InChI=1S/C19H28O2S/c1-14(20-16-8-6-5-7-9-16)21-17-12-10-15(11-13-17)19(4)18(2,3)22-19/h10-14,16H,5-9H2,1-4H3. The highest BCUT2D eigenvalue weighted by Crippen LogP contribution is 2.69. The predicted molar refractivity (Wildman–Crippen MR) is 93.5 cm³/mol. The number of hydrogen-bond acceptors (Lipinski definition) is 3. The van der Waals surface area contributed by atoms with Crippen molar-refractivity contribution in [1.29, 1.82) is 0 Å². The molecule has 2 unspecified atom stereocenters. The monoisotopic (exact) mass is 320 g/mol. The van der Waals surface area contributed by atoms with Crippen molar-refractivity contribution >= 4 is 11.8 Å². The number of ether oxygens (including phenoxy) is 2. The zero-order valence-corrected chi connectivity index (χ0v) is 15.0. The molecule has 0 bridgehead atoms. The van der Waals surface area contributed by atoms with E-state index in [0.717, 1.165) is 5.75 Å². The maximum absolute atomic E-state index is 6.01. The summed E-state index contributed by atoms with van der Waals surface area (Å²) in [6.07, 6.45) is 6.50. The average Bonchev–Trinajstić information content (AvgIpc) is 3.00. The highest BCUT2D eigenvalue weighted by atomic mass is 32.2. The first-order valence-corrected chi connectivity index (χ1v) is 9.35. The van der Waals surface area contributed by atoms with E-state index in [0.29, 0.717) is 10.9 Å². The Morgan fingerprint density at radius 1 is 1.05 bits per heavy atom. The number of hydrogen-bond donors (Lipinski definition) is 0. The van der Waals surface area contributed by atoms with E-state index in [-0.39, 0.29) is 11.0 Å². The Balaban J connectivity index is 1.55. The van der Waals surface area contributed by atoms with Crippen LogP contribution in [0.25, 0.3) is 0 Å². The van der Waals surface area contributed by atoms with Crippen molar-refractivity contribution in [2.75, 3.05) is 0 Å². The van der Waals surface area contributed by atoms with E-state index in [4.69, 9.17) is 9.47 Å². The van der Waals surface area contributed by atoms with Gasteiger partial charge in [0.1, 0.15) is 5.75 Å². The van der Waals surface area contributed by atoms with E-state index >= 15 is 0 Å². The maximum atomic E-state index is 6.01. The van der Waals surface area contributed by atoms with Gasteiger partial charge in [-0.15, -0.1) is 11.8 Å². The summed E-state index contributed by atoms with van der Waals surface area (Å²) in [6.45, 7) is 8.94. The van der Waals surface area contributed by atoms with Crippen LogP contribution in [0.1, 0.15) is 65.4 Å². The fourth-order valence-corrected chi connectivity index (χ4v) is 4.78. The smallest absolute Gasteiger partial charge is 0.197 e. The van der Waals surface area contributed by atoms with Gasteiger partial charge in [-0.2, -0.15) is 0 Å². The van der Waals surface area contributed by atoms with Crippen LogP contribution in [0.15, 0.2) is 24.3 Å². The van der Waals surface area contributed by atoms with Crippen molar-refractivity contribution in [1.82, 2.24) is 0 Å². The Hall–Kier alpha value is -0.670. The topological polar surface area (TPSA) is 18.5 Å². The van der Waals surface area contributed by atoms with Gasteiger partial charge in [0, 0.05) is 4.75 Å². The summed E-state index contributed by atoms with van der Waals surface area (Å²) in [7, 11) is 0. The summed E-state index contributed by atoms with van der Waals surface area (Å²) in [5.74, 6) is 0.902. The van der Waals surface area contributed by atoms with Crippen molar-refractivity contribution in [3.63, 3.8) is 0 Å². The van der Waals surface area contributed by atoms with Gasteiger partial charge >= 0.3 is 0 Å². The quantitative estimate of drug-likeness (QED) is 0.527. The number of thioether (sulfide) groups is 1. The Labute approximate surface area is 139 Å². The lowest BCUT2D eigenvalue weighted by molar-refractivity contribution is -0.116. The zero-order chi connectivity index (χ0) is 15.8. The maximum Gasteiger partial charge on any atom is 0.197 e. The van der Waals surface area contributed by atoms with E-state index in [1.165, 1.54) is 37.7 Å². The van der Waals surface area contributed by atoms with Gasteiger partial charge in [-0.3, -0.25) is 0 Å². The molecule has 1 saturated carbocycles. The molecule has 2 atom stereocenters. The number of rotatable bonds is 5. The van der Waals surface area contributed by atoms with Crippen LogP contribution in [0.4, 0.5) is 0 Å². The molecular weight excluding hydrogens is 292 g/mol. The summed E-state index contributed by atoms with van der Waals surface area (Å²) in [5.41, 5.74) is 1.38. The lowest BCUT2D eigenvalue weighted by atomic mass is 9.90. The molecule has 0 radical (unpaired) electrons. The van der Waals surface area contributed by atoms with Gasteiger partial charge < -0.3 is 9.47 Å². The first kappa shape index (κ1) is 16.2. The van der Waals surface area contributed by atoms with E-state index in [1.54, 1.807) is 0 Å². The molecule has 1 aromatic rings. The molecule has 0 spiro atoms. The second-order valence-corrected chi connectivity index (χ2v) is 9.29. The third-order valence-electron chi connectivity index (χ3n) is 5.21. The van der Waals surface area contributed by atoms with Gasteiger partial charge in [0.2, 0.25) is 0 Å². The van der Waals surface area contributed by atoms with Crippen molar-refractivity contribution in [3.05, 3.63) is 29.8 Å². The van der Waals surface area contributed by atoms with Crippen molar-refractivity contribution < 1.29 is 9.47 Å². The lowest BCUT2D eigenvalue weighted by Crippen LogP contribution is -2.26. The summed E-state index contributed by atoms with van der Waals surface area (Å²) in [6, 6.07) is 8.56. The minimum atomic E-state index is -0.170. The third-order valence-corrected chi connectivity index (χ3v) is 7.08. The molecule has 0 N–H and O–H groups in total. The summed E-state index contributed by atoms with van der Waals surface area (Å²) in [4.78, 5) is 0. The van der Waals surface area contributed by atoms with Gasteiger partial charge in [0.15, 0.2) is 6.29 Å². The van der Waals surface area contributed by atoms with Crippen LogP contribution in [0.3, 0.4) is 0 Å². The van der Waals surface area contributed by atoms with Crippen LogP contribution in [-0.4, -0.2) is 17.1 Å². The SMILES string of the molecule is CC(Oc1ccc(C2(C)SC2(C)C)cc1)OC1CCCCC1. The zero-order valence-electron chi connectivity index (χ0n) is 14.2. The molecule has 1 aliphatic carbocycles. The van der Waals surface area contributed by atoms with Crippen LogP contribution in [0, 0.1) is 0 Å². The molecule has 0 amide bonds. The fourth-order valence-electron chi connectivity index (χ4n) is 3.43. The minimum absolute atomic E-state index is 0.170. The largest absolute Gasteiger partial charge is 0.465 e. The van der Waals surface area contributed by atoms with E-state index in [2.05, 4.69) is 45.0 Å². The van der Waals surface area contributed by atoms with Crippen LogP contribution < -0.4 is 4.74 Å². The predicted octanol–water partition coefficient (Wildman–Crippen LogP) is 5.50. The second-order valence-electron chi connectivity index (χ2n) is 7.25. The van der Waals surface area contributed by atoms with Crippen molar-refractivity contribution in [2.24, 2.45) is 0 Å². The Bertz CT molecular complexity index is 505. The van der Waals surface area contributed by atoms with Crippen molar-refractivity contribution in [2.45, 2.75) is 81.7 Å². The van der Waals surface area contributed by atoms with E-state index in [1.807, 2.05) is 18.7 Å². The molecule has 122 valence electrons. The first-order chi connectivity index (χ1) is 10.4. The van der Waals surface area contributed by atoms with Gasteiger partial charge in [0.25, 0.3) is 0 Å². The van der Waals surface area contributed by atoms with Crippen LogP contribution in [0.2, 0.25) is 0 Å². The van der Waals surface area contributed by atoms with Gasteiger partial charge in [-0.05, 0) is 58.2 Å². The molecule has 1 aliphatic heterocycles. The molecule has 1 heterocycles. The summed E-state index contributed by atoms with van der Waals surface area (Å²) < 4.78 is 12.5. The highest BCUT2D eigenvalue weighted by Gasteiger charge is 2.59. The molecular formula is C19H28O2S. The third kappa shape index (κ3) is 3.30. The summed E-state index contributed by atoms with van der Waals surface area (Å²) in [5, 5.41) is 0. The fraction of sp³-hybridized carbons (Fsp3) is 0.684. The Kier molecular flexibility index (Phi) is 4.48. The number of benzene rings is 1. The minimum Gasteiger partial charge on any atom is -0.465 e. The molecule has 1 aromatic carbocycles. The van der Waals surface area contributed by atoms with Gasteiger partial charge in [-0.1, -0.05) is 31.4 Å². The average molecular weight is 320 g/mol. The molecule has 0 aromatic heterocycles. The van der Waals surface area contributed by atoms with Crippen LogP contribution in [-0.2, 0) is 9.48 Å². The molecule has 3 heteroatoms. The molecule has 1 saturated heterocycles. The molecule has 2 fully saturated rings. The van der Waals surface area contributed by atoms with Gasteiger partial charge in [0.05, 0.1) is 10.9 Å². The van der Waals surface area contributed by atoms with Crippen LogP contribution >= 0.6 is 11.8 Å². The first-order valence-electron chi connectivity index (χ1n) is 8.53. The molecule has 22 heavy (non-hydrogen) atoms. The van der Waals surface area contributed by atoms with Gasteiger partial charge in [-0.25, -0.2) is 0 Å². The molecule has 2 nitrogen and oxygen atoms in total. The van der Waals surface area contributed by atoms with Crippen molar-refractivity contribution in [3.8, 4) is 5.75 Å². The normalized spacial score (nSPS) is 29.1. The lowest BCUT2D eigenvalue weighted by Gasteiger charge is -2.26. The Morgan fingerprint density at radius 2 is 1.64 bits per heavy atom. The second kappa shape index (κ2) is 6.09.